The summed E-state index contributed by atoms with van der Waals surface area (Å²) in [4.78, 5) is 35.2. The number of rotatable bonds is 7. The Balaban J connectivity index is 2.33. The van der Waals surface area contributed by atoms with Crippen LogP contribution in [0.2, 0.25) is 0 Å². The molecule has 1 aromatic rings. The highest BCUT2D eigenvalue weighted by molar-refractivity contribution is 8.26. The molecule has 2 rings (SSSR count). The smallest absolute Gasteiger partial charge is 0.266 e. The molecule has 1 saturated heterocycles. The van der Waals surface area contributed by atoms with Crippen molar-refractivity contribution in [2.75, 3.05) is 6.61 Å². The summed E-state index contributed by atoms with van der Waals surface area (Å²) in [7, 11) is 0. The zero-order chi connectivity index (χ0) is 19.4. The molecule has 1 amide bonds. The summed E-state index contributed by atoms with van der Waals surface area (Å²) in [5.41, 5.74) is 0.511. The standard InChI is InChI=1S/C16H15NO7S2/c1-2-24-11-5-8(3-4-10(11)18)6-12-14(21)17(16(25)26-12)9(15(22)23)7-13(19)20/h3-6,9,18H,2,7H2,1H3,(H,19,20)(H,22,23)/p-2/b12-6-/t9-/m0/s1. The van der Waals surface area contributed by atoms with Crippen LogP contribution in [0, 0.1) is 0 Å². The third-order valence-corrected chi connectivity index (χ3v) is 4.68. The third-order valence-electron chi connectivity index (χ3n) is 3.35. The van der Waals surface area contributed by atoms with Crippen molar-refractivity contribution in [1.29, 1.82) is 0 Å². The van der Waals surface area contributed by atoms with Crippen molar-refractivity contribution in [2.24, 2.45) is 0 Å². The van der Waals surface area contributed by atoms with Gasteiger partial charge < -0.3 is 29.6 Å². The van der Waals surface area contributed by atoms with Gasteiger partial charge in [0.25, 0.3) is 5.91 Å². The molecule has 0 spiro atoms. The number of benzene rings is 1. The second-order valence-electron chi connectivity index (χ2n) is 5.12. The van der Waals surface area contributed by atoms with Crippen molar-refractivity contribution in [1.82, 2.24) is 4.90 Å². The van der Waals surface area contributed by atoms with Gasteiger partial charge in [0.1, 0.15) is 4.32 Å². The van der Waals surface area contributed by atoms with Gasteiger partial charge in [0, 0.05) is 12.4 Å². The number of hydrogen-bond acceptors (Lipinski definition) is 9. The first-order chi connectivity index (χ1) is 12.2. The summed E-state index contributed by atoms with van der Waals surface area (Å²) in [5, 5.41) is 31.6. The Morgan fingerprint density at radius 3 is 2.69 bits per heavy atom. The van der Waals surface area contributed by atoms with Crippen LogP contribution in [0.1, 0.15) is 18.9 Å². The molecule has 0 unspecified atom stereocenters. The van der Waals surface area contributed by atoms with Crippen LogP contribution in [0.3, 0.4) is 0 Å². The molecule has 0 saturated carbocycles. The quantitative estimate of drug-likeness (QED) is 0.468. The van der Waals surface area contributed by atoms with Gasteiger partial charge in [0.05, 0.1) is 23.5 Å². The van der Waals surface area contributed by atoms with Gasteiger partial charge in [-0.05, 0) is 30.7 Å². The highest BCUT2D eigenvalue weighted by atomic mass is 32.2. The molecule has 8 nitrogen and oxygen atoms in total. The maximum absolute atomic E-state index is 12.5. The predicted molar refractivity (Wildman–Crippen MR) is 92.7 cm³/mol. The second kappa shape index (κ2) is 8.19. The summed E-state index contributed by atoms with van der Waals surface area (Å²) < 4.78 is 5.16. The van der Waals surface area contributed by atoms with E-state index < -0.39 is 30.3 Å². The number of carboxylic acids is 2. The number of aliphatic carboxylic acids is 2. The van der Waals surface area contributed by atoms with Crippen LogP contribution in [0.5, 0.6) is 11.5 Å². The summed E-state index contributed by atoms with van der Waals surface area (Å²) in [6, 6.07) is 2.67. The largest absolute Gasteiger partial charge is 0.550 e. The van der Waals surface area contributed by atoms with Gasteiger partial charge >= 0.3 is 0 Å². The fourth-order valence-corrected chi connectivity index (χ4v) is 3.59. The van der Waals surface area contributed by atoms with E-state index in [0.717, 1.165) is 11.8 Å². The average molecular weight is 395 g/mol. The number of amides is 1. The van der Waals surface area contributed by atoms with E-state index in [-0.39, 0.29) is 20.7 Å². The Morgan fingerprint density at radius 1 is 1.42 bits per heavy atom. The monoisotopic (exact) mass is 395 g/mol. The van der Waals surface area contributed by atoms with E-state index in [2.05, 4.69) is 0 Å². The van der Waals surface area contributed by atoms with Crippen LogP contribution < -0.4 is 14.9 Å². The zero-order valence-electron chi connectivity index (χ0n) is 13.5. The minimum atomic E-state index is -1.75. The second-order valence-corrected chi connectivity index (χ2v) is 6.80. The van der Waals surface area contributed by atoms with Gasteiger partial charge in [-0.3, -0.25) is 9.69 Å². The summed E-state index contributed by atoms with van der Waals surface area (Å²) >= 11 is 5.84. The number of carbonyl (C=O) groups is 3. The van der Waals surface area contributed by atoms with E-state index in [1.807, 2.05) is 0 Å². The van der Waals surface area contributed by atoms with Crippen LogP contribution in [0.25, 0.3) is 6.08 Å². The van der Waals surface area contributed by atoms with Crippen LogP contribution in [-0.4, -0.2) is 44.8 Å². The lowest BCUT2D eigenvalue weighted by Crippen LogP contribution is -2.52. The molecule has 0 bridgehead atoms. The number of thioether (sulfide) groups is 1. The van der Waals surface area contributed by atoms with Gasteiger partial charge in [-0.15, -0.1) is 0 Å². The Bertz CT molecular complexity index is 806. The lowest BCUT2D eigenvalue weighted by molar-refractivity contribution is -0.319. The van der Waals surface area contributed by atoms with Gasteiger partial charge in [-0.1, -0.05) is 30.0 Å². The number of hydrogen-bond donors (Lipinski definition) is 1. The molecule has 1 atom stereocenters. The highest BCUT2D eigenvalue weighted by Crippen LogP contribution is 2.35. The minimum Gasteiger partial charge on any atom is -0.550 e. The summed E-state index contributed by atoms with van der Waals surface area (Å²) in [6.45, 7) is 2.07. The maximum Gasteiger partial charge on any atom is 0.266 e. The number of thiocarbonyl (C=S) groups is 1. The number of carboxylic acid groups (broad SMARTS) is 2. The molecule has 1 aliphatic rings. The van der Waals surface area contributed by atoms with E-state index in [9.17, 15) is 29.7 Å². The van der Waals surface area contributed by atoms with E-state index >= 15 is 0 Å². The number of phenolic OH excluding ortho intramolecular Hbond substituents is 1. The number of aromatic hydroxyl groups is 1. The van der Waals surface area contributed by atoms with Gasteiger partial charge in [0.15, 0.2) is 11.5 Å². The third kappa shape index (κ3) is 4.33. The van der Waals surface area contributed by atoms with Gasteiger partial charge in [-0.2, -0.15) is 0 Å². The molecule has 10 heteroatoms. The molecule has 1 N–H and O–H groups in total. The van der Waals surface area contributed by atoms with Crippen molar-refractivity contribution in [3.8, 4) is 11.5 Å². The van der Waals surface area contributed by atoms with E-state index in [4.69, 9.17) is 17.0 Å². The van der Waals surface area contributed by atoms with Gasteiger partial charge in [-0.25, -0.2) is 0 Å². The Kier molecular flexibility index (Phi) is 6.22. The number of carbonyl (C=O) groups excluding carboxylic acids is 3. The molecular weight excluding hydrogens is 382 g/mol. The van der Waals surface area contributed by atoms with Crippen molar-refractivity contribution < 1.29 is 34.4 Å². The van der Waals surface area contributed by atoms with Crippen molar-refractivity contribution in [3.63, 3.8) is 0 Å². The SMILES string of the molecule is CCOc1cc(/C=C2\SC(=S)N([C@@H](CC(=O)[O-])C(=O)[O-])C2=O)ccc1O. The lowest BCUT2D eigenvalue weighted by atomic mass is 10.1. The van der Waals surface area contributed by atoms with Crippen molar-refractivity contribution in [3.05, 3.63) is 28.7 Å². The van der Waals surface area contributed by atoms with Crippen LogP contribution in [0.4, 0.5) is 0 Å². The molecule has 1 aromatic carbocycles. The van der Waals surface area contributed by atoms with E-state index in [1.54, 1.807) is 6.92 Å². The molecule has 1 heterocycles. The molecule has 0 radical (unpaired) electrons. The maximum atomic E-state index is 12.5. The topological polar surface area (TPSA) is 130 Å². The zero-order valence-corrected chi connectivity index (χ0v) is 15.1. The van der Waals surface area contributed by atoms with Gasteiger partial charge in [0.2, 0.25) is 0 Å². The first kappa shape index (κ1) is 19.7. The lowest BCUT2D eigenvalue weighted by Gasteiger charge is -2.27. The molecule has 1 aliphatic heterocycles. The van der Waals surface area contributed by atoms with E-state index in [1.165, 1.54) is 24.3 Å². The first-order valence-electron chi connectivity index (χ1n) is 7.38. The number of phenols is 1. The van der Waals surface area contributed by atoms with Crippen LogP contribution in [-0.2, 0) is 14.4 Å². The van der Waals surface area contributed by atoms with Crippen LogP contribution >= 0.6 is 24.0 Å². The highest BCUT2D eigenvalue weighted by Gasteiger charge is 2.37. The predicted octanol–water partition coefficient (Wildman–Crippen LogP) is -0.749. The van der Waals surface area contributed by atoms with Crippen LogP contribution in [0.15, 0.2) is 23.1 Å². The Hall–Kier alpha value is -2.59. The molecule has 138 valence electrons. The number of nitrogens with zero attached hydrogens (tertiary/aromatic N) is 1. The average Bonchev–Trinajstić information content (AvgIpc) is 2.82. The Labute approximate surface area is 158 Å². The normalized spacial score (nSPS) is 16.8. The molecular formula is C16H13NO7S2-2. The fourth-order valence-electron chi connectivity index (χ4n) is 2.23. The summed E-state index contributed by atoms with van der Waals surface area (Å²) in [6.07, 6.45) is 0.502. The fraction of sp³-hybridized carbons (Fsp3) is 0.250. The molecule has 1 fully saturated rings. The minimum absolute atomic E-state index is 0.0671. The van der Waals surface area contributed by atoms with Crippen molar-refractivity contribution >= 4 is 52.2 Å². The van der Waals surface area contributed by atoms with Crippen molar-refractivity contribution in [2.45, 2.75) is 19.4 Å². The number of ether oxygens (including phenoxy) is 1. The molecule has 0 aromatic heterocycles. The van der Waals surface area contributed by atoms with E-state index in [0.29, 0.717) is 17.1 Å². The summed E-state index contributed by atoms with van der Waals surface area (Å²) in [5.74, 6) is -3.97. The Morgan fingerprint density at radius 2 is 2.12 bits per heavy atom. The molecule has 26 heavy (non-hydrogen) atoms. The molecule has 0 aliphatic carbocycles. The first-order valence-corrected chi connectivity index (χ1v) is 8.60.